The van der Waals surface area contributed by atoms with Crippen LogP contribution in [0.2, 0.25) is 5.02 Å². The Morgan fingerprint density at radius 1 is 1.05 bits per heavy atom. The van der Waals surface area contributed by atoms with Gasteiger partial charge in [-0.1, -0.05) is 25.4 Å². The Kier molecular flexibility index (Phi) is 6.37. The molecule has 0 spiro atoms. The highest BCUT2D eigenvalue weighted by Gasteiger charge is 2.27. The van der Waals surface area contributed by atoms with E-state index < -0.39 is 29.9 Å². The fraction of sp³-hybridized carbons (Fsp3) is 0.400. The summed E-state index contributed by atoms with van der Waals surface area (Å²) in [4.78, 5) is 35.0. The minimum Gasteiger partial charge on any atom is -0.480 e. The summed E-state index contributed by atoms with van der Waals surface area (Å²) >= 11 is 5.76. The lowest BCUT2D eigenvalue weighted by Gasteiger charge is -2.23. The summed E-state index contributed by atoms with van der Waals surface area (Å²) < 4.78 is 0. The lowest BCUT2D eigenvalue weighted by molar-refractivity contribution is -0.141. The number of amides is 2. The summed E-state index contributed by atoms with van der Waals surface area (Å²) in [5.41, 5.74) is 0.370. The number of aliphatic carboxylic acids is 1. The van der Waals surface area contributed by atoms with Crippen LogP contribution >= 0.6 is 11.6 Å². The molecule has 0 fully saturated rings. The van der Waals surface area contributed by atoms with Gasteiger partial charge in [0.1, 0.15) is 12.1 Å². The van der Waals surface area contributed by atoms with Gasteiger partial charge in [-0.05, 0) is 37.1 Å². The van der Waals surface area contributed by atoms with Gasteiger partial charge in [-0.25, -0.2) is 0 Å². The molecule has 0 aliphatic heterocycles. The second-order valence-electron chi connectivity index (χ2n) is 5.27. The number of hydrogen-bond acceptors (Lipinski definition) is 3. The van der Waals surface area contributed by atoms with Crippen LogP contribution in [0.25, 0.3) is 0 Å². The Hall–Kier alpha value is -2.08. The largest absolute Gasteiger partial charge is 0.480 e. The van der Waals surface area contributed by atoms with E-state index in [1.54, 1.807) is 38.1 Å². The number of carboxylic acids is 1. The molecule has 0 bridgehead atoms. The molecule has 0 radical (unpaired) electrons. The quantitative estimate of drug-likeness (QED) is 0.741. The Balaban J connectivity index is 2.79. The predicted octanol–water partition coefficient (Wildman–Crippen LogP) is 1.68. The minimum absolute atomic E-state index is 0.197. The Morgan fingerprint density at radius 3 is 2.05 bits per heavy atom. The monoisotopic (exact) mass is 326 g/mol. The maximum Gasteiger partial charge on any atom is 0.325 e. The summed E-state index contributed by atoms with van der Waals surface area (Å²) in [5, 5.41) is 14.3. The molecular weight excluding hydrogens is 308 g/mol. The second-order valence-corrected chi connectivity index (χ2v) is 5.71. The van der Waals surface area contributed by atoms with E-state index in [9.17, 15) is 14.4 Å². The maximum absolute atomic E-state index is 12.1. The van der Waals surface area contributed by atoms with Crippen molar-refractivity contribution in [2.45, 2.75) is 32.9 Å². The SMILES string of the molecule is CC(NC(=O)C(NC(=O)c1ccc(Cl)cc1)C(C)C)C(=O)O. The highest BCUT2D eigenvalue weighted by Crippen LogP contribution is 2.10. The zero-order valence-corrected chi connectivity index (χ0v) is 13.3. The zero-order valence-electron chi connectivity index (χ0n) is 12.6. The molecule has 22 heavy (non-hydrogen) atoms. The third kappa shape index (κ3) is 5.04. The molecule has 6 nitrogen and oxygen atoms in total. The lowest BCUT2D eigenvalue weighted by atomic mass is 10.0. The van der Waals surface area contributed by atoms with Crippen LogP contribution in [0.1, 0.15) is 31.1 Å². The van der Waals surface area contributed by atoms with Crippen molar-refractivity contribution in [3.8, 4) is 0 Å². The average molecular weight is 327 g/mol. The first-order valence-corrected chi connectivity index (χ1v) is 7.19. The lowest BCUT2D eigenvalue weighted by Crippen LogP contribution is -2.53. The van der Waals surface area contributed by atoms with Crippen LogP contribution in [0.5, 0.6) is 0 Å². The second kappa shape index (κ2) is 7.79. The van der Waals surface area contributed by atoms with Crippen molar-refractivity contribution < 1.29 is 19.5 Å². The smallest absolute Gasteiger partial charge is 0.325 e. The molecule has 1 aromatic carbocycles. The first kappa shape index (κ1) is 18.0. The molecule has 0 saturated carbocycles. The molecule has 2 unspecified atom stereocenters. The molecule has 120 valence electrons. The summed E-state index contributed by atoms with van der Waals surface area (Å²) in [6, 6.07) is 4.40. The minimum atomic E-state index is -1.14. The van der Waals surface area contributed by atoms with Gasteiger partial charge in [-0.3, -0.25) is 14.4 Å². The molecule has 7 heteroatoms. The van der Waals surface area contributed by atoms with Crippen molar-refractivity contribution in [2.24, 2.45) is 5.92 Å². The van der Waals surface area contributed by atoms with E-state index in [4.69, 9.17) is 16.7 Å². The summed E-state index contributed by atoms with van der Waals surface area (Å²) in [7, 11) is 0. The van der Waals surface area contributed by atoms with E-state index in [-0.39, 0.29) is 5.92 Å². The molecule has 0 heterocycles. The van der Waals surface area contributed by atoms with Gasteiger partial charge < -0.3 is 15.7 Å². The summed E-state index contributed by atoms with van der Waals surface area (Å²) in [6.07, 6.45) is 0. The van der Waals surface area contributed by atoms with Crippen LogP contribution in [0.4, 0.5) is 0 Å². The van der Waals surface area contributed by atoms with Gasteiger partial charge in [0.05, 0.1) is 0 Å². The molecule has 2 amide bonds. The van der Waals surface area contributed by atoms with Crippen molar-refractivity contribution in [3.05, 3.63) is 34.9 Å². The molecule has 2 atom stereocenters. The van der Waals surface area contributed by atoms with Gasteiger partial charge in [0.15, 0.2) is 0 Å². The van der Waals surface area contributed by atoms with Crippen LogP contribution in [-0.4, -0.2) is 35.0 Å². The van der Waals surface area contributed by atoms with Gasteiger partial charge in [0.2, 0.25) is 5.91 Å². The van der Waals surface area contributed by atoms with Crippen molar-refractivity contribution >= 4 is 29.4 Å². The maximum atomic E-state index is 12.1. The Labute approximate surface area is 133 Å². The fourth-order valence-corrected chi connectivity index (χ4v) is 1.85. The van der Waals surface area contributed by atoms with Crippen LogP contribution in [-0.2, 0) is 9.59 Å². The molecular formula is C15H19ClN2O4. The van der Waals surface area contributed by atoms with Gasteiger partial charge in [0, 0.05) is 10.6 Å². The average Bonchev–Trinajstić information content (AvgIpc) is 2.44. The summed E-state index contributed by atoms with van der Waals surface area (Å²) in [5.74, 6) is -2.29. The van der Waals surface area contributed by atoms with Crippen molar-refractivity contribution in [2.75, 3.05) is 0 Å². The third-order valence-corrected chi connectivity index (χ3v) is 3.32. The highest BCUT2D eigenvalue weighted by atomic mass is 35.5. The molecule has 0 saturated heterocycles. The number of carbonyl (C=O) groups excluding carboxylic acids is 2. The number of halogens is 1. The van der Waals surface area contributed by atoms with Crippen molar-refractivity contribution in [1.82, 2.24) is 10.6 Å². The van der Waals surface area contributed by atoms with Crippen LogP contribution < -0.4 is 10.6 Å². The van der Waals surface area contributed by atoms with Gasteiger partial charge in [-0.15, -0.1) is 0 Å². The molecule has 1 rings (SSSR count). The molecule has 0 aliphatic rings. The zero-order chi connectivity index (χ0) is 16.9. The third-order valence-electron chi connectivity index (χ3n) is 3.07. The van der Waals surface area contributed by atoms with Crippen LogP contribution in [0, 0.1) is 5.92 Å². The summed E-state index contributed by atoms with van der Waals surface area (Å²) in [6.45, 7) is 4.88. The van der Waals surface area contributed by atoms with Crippen LogP contribution in [0.3, 0.4) is 0 Å². The topological polar surface area (TPSA) is 95.5 Å². The molecule has 0 aliphatic carbocycles. The van der Waals surface area contributed by atoms with Crippen molar-refractivity contribution in [1.29, 1.82) is 0 Å². The predicted molar refractivity (Wildman–Crippen MR) is 82.8 cm³/mol. The van der Waals surface area contributed by atoms with E-state index in [0.29, 0.717) is 10.6 Å². The number of carbonyl (C=O) groups is 3. The number of benzene rings is 1. The van der Waals surface area contributed by atoms with Gasteiger partial charge in [0.25, 0.3) is 5.91 Å². The molecule has 1 aromatic rings. The van der Waals surface area contributed by atoms with Crippen molar-refractivity contribution in [3.63, 3.8) is 0 Å². The number of hydrogen-bond donors (Lipinski definition) is 3. The molecule has 0 aromatic heterocycles. The van der Waals surface area contributed by atoms with E-state index in [2.05, 4.69) is 10.6 Å². The Bertz CT molecular complexity index is 557. The number of rotatable bonds is 6. The highest BCUT2D eigenvalue weighted by molar-refractivity contribution is 6.30. The van der Waals surface area contributed by atoms with Gasteiger partial charge in [-0.2, -0.15) is 0 Å². The normalized spacial score (nSPS) is 13.3. The molecule has 3 N–H and O–H groups in total. The van der Waals surface area contributed by atoms with Gasteiger partial charge >= 0.3 is 5.97 Å². The first-order valence-electron chi connectivity index (χ1n) is 6.82. The van der Waals surface area contributed by atoms with E-state index in [1.165, 1.54) is 6.92 Å². The number of nitrogens with one attached hydrogen (secondary N) is 2. The standard InChI is InChI=1S/C15H19ClN2O4/c1-8(2)12(14(20)17-9(3)15(21)22)18-13(19)10-4-6-11(16)7-5-10/h4-9,12H,1-3H3,(H,17,20)(H,18,19)(H,21,22). The number of carboxylic acid groups (broad SMARTS) is 1. The van der Waals surface area contributed by atoms with Crippen LogP contribution in [0.15, 0.2) is 24.3 Å². The fourth-order valence-electron chi connectivity index (χ4n) is 1.73. The van der Waals surface area contributed by atoms with E-state index in [0.717, 1.165) is 0 Å². The first-order chi connectivity index (χ1) is 10.2. The van der Waals surface area contributed by atoms with E-state index in [1.807, 2.05) is 0 Å². The Morgan fingerprint density at radius 2 is 1.59 bits per heavy atom. The van der Waals surface area contributed by atoms with E-state index >= 15 is 0 Å².